The molecule has 0 aromatic rings. The Morgan fingerprint density at radius 1 is 1.19 bits per heavy atom. The van der Waals surface area contributed by atoms with Gasteiger partial charge in [0.15, 0.2) is 0 Å². The second-order valence-corrected chi connectivity index (χ2v) is 5.97. The van der Waals surface area contributed by atoms with Gasteiger partial charge < -0.3 is 19.6 Å². The highest BCUT2D eigenvalue weighted by Gasteiger charge is 2.43. The van der Waals surface area contributed by atoms with E-state index in [1.54, 1.807) is 4.90 Å². The van der Waals surface area contributed by atoms with Gasteiger partial charge in [-0.05, 0) is 19.8 Å². The molecule has 0 saturated carbocycles. The normalized spacial score (nSPS) is 16.4. The van der Waals surface area contributed by atoms with E-state index in [0.717, 1.165) is 38.8 Å². The molecule has 0 unspecified atom stereocenters. The van der Waals surface area contributed by atoms with Crippen LogP contribution in [0.25, 0.3) is 0 Å². The maximum Gasteiger partial charge on any atom is 0.329 e. The Morgan fingerprint density at radius 2 is 1.71 bits per heavy atom. The highest BCUT2D eigenvalue weighted by Crippen LogP contribution is 2.26. The molecule has 2 amide bonds. The number of carboxylic acids is 1. The van der Waals surface area contributed by atoms with Crippen molar-refractivity contribution in [2.45, 2.75) is 52.1 Å². The molecule has 1 rings (SSSR count). The summed E-state index contributed by atoms with van der Waals surface area (Å²) in [5, 5.41) is 8.64. The van der Waals surface area contributed by atoms with Crippen LogP contribution in [0.4, 0.5) is 4.79 Å². The Balaban J connectivity index is 2.44. The van der Waals surface area contributed by atoms with Gasteiger partial charge in [-0.15, -0.1) is 0 Å². The summed E-state index contributed by atoms with van der Waals surface area (Å²) < 4.78 is 5.34. The molecule has 0 bridgehead atoms. The predicted octanol–water partition coefficient (Wildman–Crippen LogP) is 2.18. The first-order valence-electron chi connectivity index (χ1n) is 7.81. The molecule has 0 radical (unpaired) electrons. The molecule has 1 saturated heterocycles. The summed E-state index contributed by atoms with van der Waals surface area (Å²) in [5.41, 5.74) is -0.519. The van der Waals surface area contributed by atoms with Crippen LogP contribution < -0.4 is 0 Å². The zero-order valence-electron chi connectivity index (χ0n) is 13.4. The lowest BCUT2D eigenvalue weighted by molar-refractivity contribution is -0.160. The maximum absolute atomic E-state index is 12.4. The van der Waals surface area contributed by atoms with Crippen molar-refractivity contribution in [2.75, 3.05) is 32.8 Å². The van der Waals surface area contributed by atoms with Gasteiger partial charge in [0.25, 0.3) is 0 Å². The van der Waals surface area contributed by atoms with Crippen molar-refractivity contribution in [3.63, 3.8) is 0 Å². The highest BCUT2D eigenvalue weighted by atomic mass is 16.5. The van der Waals surface area contributed by atoms with Gasteiger partial charge in [0.05, 0.1) is 13.1 Å². The molecular formula is C15H28N2O4. The third-order valence-electron chi connectivity index (χ3n) is 3.70. The monoisotopic (exact) mass is 300 g/mol. The largest absolute Gasteiger partial charge is 0.480 e. The summed E-state index contributed by atoms with van der Waals surface area (Å²) in [6, 6.07) is 0.0494. The Labute approximate surface area is 127 Å². The van der Waals surface area contributed by atoms with Gasteiger partial charge in [0, 0.05) is 13.1 Å². The summed E-state index contributed by atoms with van der Waals surface area (Å²) in [7, 11) is 0. The first-order valence-corrected chi connectivity index (χ1v) is 7.81. The quantitative estimate of drug-likeness (QED) is 0.708. The summed E-state index contributed by atoms with van der Waals surface area (Å²) >= 11 is 0. The second-order valence-electron chi connectivity index (χ2n) is 5.97. The van der Waals surface area contributed by atoms with Crippen LogP contribution in [0.5, 0.6) is 0 Å². The highest BCUT2D eigenvalue weighted by molar-refractivity contribution is 5.75. The smallest absolute Gasteiger partial charge is 0.329 e. The fourth-order valence-corrected chi connectivity index (χ4v) is 2.42. The van der Waals surface area contributed by atoms with Crippen molar-refractivity contribution in [1.82, 2.24) is 9.80 Å². The Morgan fingerprint density at radius 3 is 2.14 bits per heavy atom. The number of amides is 2. The number of urea groups is 1. The zero-order chi connectivity index (χ0) is 15.9. The summed E-state index contributed by atoms with van der Waals surface area (Å²) in [6.07, 6.45) is 4.15. The van der Waals surface area contributed by atoms with Crippen LogP contribution in [0.3, 0.4) is 0 Å². The van der Waals surface area contributed by atoms with Crippen molar-refractivity contribution >= 4 is 12.0 Å². The molecule has 0 spiro atoms. The molecule has 6 nitrogen and oxygen atoms in total. The van der Waals surface area contributed by atoms with Gasteiger partial charge in [-0.1, -0.05) is 26.7 Å². The second kappa shape index (κ2) is 8.22. The van der Waals surface area contributed by atoms with Gasteiger partial charge in [-0.25, -0.2) is 9.59 Å². The molecule has 21 heavy (non-hydrogen) atoms. The van der Waals surface area contributed by atoms with Crippen LogP contribution in [-0.4, -0.2) is 65.3 Å². The number of carboxylic acid groups (broad SMARTS) is 1. The molecule has 1 aliphatic heterocycles. The summed E-state index contributed by atoms with van der Waals surface area (Å²) in [6.45, 7) is 8.28. The van der Waals surface area contributed by atoms with E-state index in [-0.39, 0.29) is 12.6 Å². The van der Waals surface area contributed by atoms with Gasteiger partial charge >= 0.3 is 12.0 Å². The van der Waals surface area contributed by atoms with Crippen LogP contribution in [0, 0.1) is 0 Å². The topological polar surface area (TPSA) is 70.1 Å². The number of rotatable bonds is 9. The number of aliphatic carboxylic acids is 1. The standard InChI is InChI=1S/C15H28N2O4/c1-4-6-8-16(9-7-5-2)14(20)17-11-15(3,12-17)21-10-13(18)19/h4-12H2,1-3H3,(H,18,19). The third kappa shape index (κ3) is 5.53. The SMILES string of the molecule is CCCCN(CCCC)C(=O)N1CC(C)(OCC(=O)O)C1. The van der Waals surface area contributed by atoms with E-state index in [1.807, 2.05) is 11.8 Å². The van der Waals surface area contributed by atoms with Crippen LogP contribution in [0.2, 0.25) is 0 Å². The van der Waals surface area contributed by atoms with Crippen molar-refractivity contribution < 1.29 is 19.4 Å². The lowest BCUT2D eigenvalue weighted by atomic mass is 9.97. The molecule has 1 heterocycles. The number of carbonyl (C=O) groups is 2. The number of hydrogen-bond acceptors (Lipinski definition) is 3. The van der Waals surface area contributed by atoms with Crippen LogP contribution in [-0.2, 0) is 9.53 Å². The number of likely N-dealkylation sites (tertiary alicyclic amines) is 1. The van der Waals surface area contributed by atoms with Gasteiger partial charge in [-0.2, -0.15) is 0 Å². The number of ether oxygens (including phenoxy) is 1. The van der Waals surface area contributed by atoms with Crippen LogP contribution >= 0.6 is 0 Å². The minimum atomic E-state index is -0.978. The van der Waals surface area contributed by atoms with E-state index in [2.05, 4.69) is 13.8 Å². The van der Waals surface area contributed by atoms with E-state index in [4.69, 9.17) is 9.84 Å². The minimum Gasteiger partial charge on any atom is -0.480 e. The number of unbranched alkanes of at least 4 members (excludes halogenated alkanes) is 2. The molecule has 0 aromatic carbocycles. The van der Waals surface area contributed by atoms with E-state index >= 15 is 0 Å². The van der Waals surface area contributed by atoms with Crippen molar-refractivity contribution in [3.8, 4) is 0 Å². The van der Waals surface area contributed by atoms with Gasteiger partial charge in [-0.3, -0.25) is 0 Å². The van der Waals surface area contributed by atoms with Crippen molar-refractivity contribution in [3.05, 3.63) is 0 Å². The number of hydrogen-bond donors (Lipinski definition) is 1. The number of carbonyl (C=O) groups excluding carboxylic acids is 1. The molecular weight excluding hydrogens is 272 g/mol. The molecule has 0 aromatic heterocycles. The summed E-state index contributed by atoms with van der Waals surface area (Å²) in [5.74, 6) is -0.978. The Kier molecular flexibility index (Phi) is 6.95. The zero-order valence-corrected chi connectivity index (χ0v) is 13.4. The fraction of sp³-hybridized carbons (Fsp3) is 0.867. The maximum atomic E-state index is 12.4. The molecule has 0 atom stereocenters. The lowest BCUT2D eigenvalue weighted by Gasteiger charge is -2.48. The van der Waals surface area contributed by atoms with Crippen LogP contribution in [0.1, 0.15) is 46.5 Å². The van der Waals surface area contributed by atoms with Crippen LogP contribution in [0.15, 0.2) is 0 Å². The third-order valence-corrected chi connectivity index (χ3v) is 3.70. The van der Waals surface area contributed by atoms with E-state index in [0.29, 0.717) is 13.1 Å². The fourth-order valence-electron chi connectivity index (χ4n) is 2.42. The summed E-state index contributed by atoms with van der Waals surface area (Å²) in [4.78, 5) is 26.6. The molecule has 0 aliphatic carbocycles. The molecule has 1 fully saturated rings. The van der Waals surface area contributed by atoms with Crippen molar-refractivity contribution in [2.24, 2.45) is 0 Å². The first kappa shape index (κ1) is 17.8. The van der Waals surface area contributed by atoms with Gasteiger partial charge in [0.2, 0.25) is 0 Å². The minimum absolute atomic E-state index is 0.0494. The number of nitrogens with zero attached hydrogens (tertiary/aromatic N) is 2. The average molecular weight is 300 g/mol. The molecule has 122 valence electrons. The van der Waals surface area contributed by atoms with Gasteiger partial charge in [0.1, 0.15) is 12.2 Å². The molecule has 1 N–H and O–H groups in total. The van der Waals surface area contributed by atoms with E-state index in [9.17, 15) is 9.59 Å². The molecule has 6 heteroatoms. The van der Waals surface area contributed by atoms with E-state index in [1.165, 1.54) is 0 Å². The average Bonchev–Trinajstić information content (AvgIpc) is 2.41. The Bertz CT molecular complexity index is 346. The van der Waals surface area contributed by atoms with E-state index < -0.39 is 11.6 Å². The lowest BCUT2D eigenvalue weighted by Crippen LogP contribution is -2.65. The first-order chi connectivity index (χ1) is 9.91. The van der Waals surface area contributed by atoms with Crippen molar-refractivity contribution in [1.29, 1.82) is 0 Å². The Hall–Kier alpha value is -1.30. The predicted molar refractivity (Wildman–Crippen MR) is 80.4 cm³/mol. The molecule has 1 aliphatic rings.